The smallest absolute Gasteiger partial charge is 0.354 e. The monoisotopic (exact) mass is 587 g/mol. The number of imidazole rings is 2. The standard InChI is InChI=1S/C30H27ClFN7O3/c31-20-2-1-19(23(32)14-20)13-21-3-6-27-33-15-26(39(27)36-21)18-7-10-37(11-8-18)17-28-34-24-4-5-25(30(40)41)35-29(24)38(28)16-22-9-12-42-22/h1-7,14-15,22H,8-13,16-17H2,(H,40,41). The van der Waals surface area contributed by atoms with Crippen molar-refractivity contribution in [1.29, 1.82) is 0 Å². The van der Waals surface area contributed by atoms with Crippen molar-refractivity contribution < 1.29 is 19.0 Å². The van der Waals surface area contributed by atoms with Gasteiger partial charge < -0.3 is 14.4 Å². The number of aromatic nitrogens is 6. The number of aromatic carboxylic acids is 1. The predicted molar refractivity (Wildman–Crippen MR) is 154 cm³/mol. The number of carboxylic acid groups (broad SMARTS) is 1. The molecule has 4 aromatic heterocycles. The van der Waals surface area contributed by atoms with Gasteiger partial charge >= 0.3 is 5.97 Å². The average molecular weight is 588 g/mol. The molecule has 1 fully saturated rings. The zero-order chi connectivity index (χ0) is 28.8. The van der Waals surface area contributed by atoms with Crippen LogP contribution in [0.4, 0.5) is 4.39 Å². The van der Waals surface area contributed by atoms with Crippen molar-refractivity contribution in [2.75, 3.05) is 19.7 Å². The lowest BCUT2D eigenvalue weighted by Crippen LogP contribution is -2.34. The zero-order valence-electron chi connectivity index (χ0n) is 22.6. The molecule has 1 unspecified atom stereocenters. The number of hydrogen-bond donors (Lipinski definition) is 1. The molecule has 1 N–H and O–H groups in total. The number of nitrogens with zero attached hydrogens (tertiary/aromatic N) is 7. The highest BCUT2D eigenvalue weighted by atomic mass is 35.5. The summed E-state index contributed by atoms with van der Waals surface area (Å²) < 4.78 is 23.9. The molecule has 0 saturated carbocycles. The fourth-order valence-corrected chi connectivity index (χ4v) is 5.64. The summed E-state index contributed by atoms with van der Waals surface area (Å²) in [6.07, 6.45) is 6.19. The topological polar surface area (TPSA) is 111 Å². The van der Waals surface area contributed by atoms with Crippen LogP contribution in [0.5, 0.6) is 0 Å². The average Bonchev–Trinajstić information content (AvgIpc) is 3.53. The van der Waals surface area contributed by atoms with Crippen molar-refractivity contribution in [1.82, 2.24) is 34.0 Å². The molecular formula is C30H27ClFN7O3. The number of carboxylic acids is 1. The Bertz CT molecular complexity index is 1860. The highest BCUT2D eigenvalue weighted by molar-refractivity contribution is 6.30. The predicted octanol–water partition coefficient (Wildman–Crippen LogP) is 4.63. The van der Waals surface area contributed by atoms with Gasteiger partial charge in [-0.1, -0.05) is 23.7 Å². The highest BCUT2D eigenvalue weighted by Gasteiger charge is 2.25. The summed E-state index contributed by atoms with van der Waals surface area (Å²) in [4.78, 5) is 27.6. The van der Waals surface area contributed by atoms with Crippen LogP contribution in [-0.4, -0.2) is 70.9 Å². The van der Waals surface area contributed by atoms with Crippen LogP contribution < -0.4 is 0 Å². The maximum absolute atomic E-state index is 14.4. The van der Waals surface area contributed by atoms with Crippen molar-refractivity contribution in [2.24, 2.45) is 0 Å². The van der Waals surface area contributed by atoms with Crippen LogP contribution in [0, 0.1) is 5.82 Å². The Balaban J connectivity index is 1.11. The molecule has 12 heteroatoms. The Morgan fingerprint density at radius 1 is 1.17 bits per heavy atom. The van der Waals surface area contributed by atoms with Crippen LogP contribution in [0.15, 0.2) is 54.7 Å². The third kappa shape index (κ3) is 5.15. The molecule has 10 nitrogen and oxygen atoms in total. The van der Waals surface area contributed by atoms with E-state index >= 15 is 0 Å². The molecular weight excluding hydrogens is 561 g/mol. The van der Waals surface area contributed by atoms with Crippen LogP contribution >= 0.6 is 11.6 Å². The summed E-state index contributed by atoms with van der Waals surface area (Å²) in [6.45, 7) is 3.42. The van der Waals surface area contributed by atoms with Crippen molar-refractivity contribution in [3.05, 3.63) is 94.0 Å². The normalized spacial score (nSPS) is 17.5. The van der Waals surface area contributed by atoms with Gasteiger partial charge in [0.15, 0.2) is 17.0 Å². The number of fused-ring (bicyclic) bond motifs is 2. The van der Waals surface area contributed by atoms with Gasteiger partial charge in [-0.15, -0.1) is 0 Å². The van der Waals surface area contributed by atoms with E-state index in [4.69, 9.17) is 26.4 Å². The molecule has 0 bridgehead atoms. The summed E-state index contributed by atoms with van der Waals surface area (Å²) in [5.41, 5.74) is 5.30. The summed E-state index contributed by atoms with van der Waals surface area (Å²) in [5, 5.41) is 14.6. The van der Waals surface area contributed by atoms with Crippen LogP contribution in [-0.2, 0) is 24.2 Å². The number of rotatable bonds is 8. The molecule has 6 heterocycles. The van der Waals surface area contributed by atoms with E-state index in [0.29, 0.717) is 47.8 Å². The first-order valence-electron chi connectivity index (χ1n) is 13.8. The van der Waals surface area contributed by atoms with Crippen molar-refractivity contribution in [2.45, 2.75) is 38.5 Å². The third-order valence-electron chi connectivity index (χ3n) is 7.86. The molecule has 2 aliphatic rings. The molecule has 214 valence electrons. The first-order chi connectivity index (χ1) is 20.4. The third-order valence-corrected chi connectivity index (χ3v) is 8.10. The first-order valence-corrected chi connectivity index (χ1v) is 14.2. The maximum atomic E-state index is 14.4. The molecule has 1 atom stereocenters. The van der Waals surface area contributed by atoms with E-state index in [-0.39, 0.29) is 17.6 Å². The fourth-order valence-electron chi connectivity index (χ4n) is 5.48. The molecule has 5 aromatic rings. The lowest BCUT2D eigenvalue weighted by atomic mass is 10.1. The second-order valence-electron chi connectivity index (χ2n) is 10.6. The lowest BCUT2D eigenvalue weighted by Gasteiger charge is -2.29. The van der Waals surface area contributed by atoms with Gasteiger partial charge in [0.1, 0.15) is 17.2 Å². The Morgan fingerprint density at radius 2 is 2.05 bits per heavy atom. The second kappa shape index (κ2) is 10.9. The molecule has 1 aromatic carbocycles. The quantitative estimate of drug-likeness (QED) is 0.280. The van der Waals surface area contributed by atoms with Crippen LogP contribution in [0.2, 0.25) is 5.02 Å². The molecule has 7 rings (SSSR count). The van der Waals surface area contributed by atoms with Crippen LogP contribution in [0.3, 0.4) is 0 Å². The van der Waals surface area contributed by atoms with Gasteiger partial charge in [0.2, 0.25) is 0 Å². The van der Waals surface area contributed by atoms with E-state index < -0.39 is 5.97 Å². The van der Waals surface area contributed by atoms with Gasteiger partial charge in [-0.25, -0.2) is 28.7 Å². The van der Waals surface area contributed by atoms with E-state index in [1.54, 1.807) is 18.2 Å². The van der Waals surface area contributed by atoms with E-state index in [9.17, 15) is 14.3 Å². The van der Waals surface area contributed by atoms with E-state index in [2.05, 4.69) is 20.9 Å². The van der Waals surface area contributed by atoms with Gasteiger partial charge in [0.05, 0.1) is 36.8 Å². The van der Waals surface area contributed by atoms with Gasteiger partial charge in [-0.3, -0.25) is 4.90 Å². The minimum absolute atomic E-state index is 0.00150. The van der Waals surface area contributed by atoms with Crippen molar-refractivity contribution >= 4 is 40.0 Å². The number of ether oxygens (including phenoxy) is 1. The molecule has 2 aliphatic heterocycles. The molecule has 42 heavy (non-hydrogen) atoms. The van der Waals surface area contributed by atoms with Gasteiger partial charge in [0, 0.05) is 31.1 Å². The number of halogens is 2. The van der Waals surface area contributed by atoms with Crippen LogP contribution in [0.1, 0.15) is 46.1 Å². The Morgan fingerprint density at radius 3 is 2.79 bits per heavy atom. The first kappa shape index (κ1) is 26.7. The number of carbonyl (C=O) groups is 1. The molecule has 0 aliphatic carbocycles. The summed E-state index contributed by atoms with van der Waals surface area (Å²) in [6, 6.07) is 11.7. The number of pyridine rings is 1. The molecule has 0 radical (unpaired) electrons. The van der Waals surface area contributed by atoms with Gasteiger partial charge in [-0.05, 0) is 60.4 Å². The Kier molecular flexibility index (Phi) is 6.93. The molecule has 0 spiro atoms. The summed E-state index contributed by atoms with van der Waals surface area (Å²) >= 11 is 5.91. The van der Waals surface area contributed by atoms with Crippen LogP contribution in [0.25, 0.3) is 22.4 Å². The largest absolute Gasteiger partial charge is 0.477 e. The number of benzene rings is 1. The second-order valence-corrected chi connectivity index (χ2v) is 11.1. The lowest BCUT2D eigenvalue weighted by molar-refractivity contribution is -0.0592. The highest BCUT2D eigenvalue weighted by Crippen LogP contribution is 2.26. The van der Waals surface area contributed by atoms with Crippen molar-refractivity contribution in [3.8, 4) is 0 Å². The summed E-state index contributed by atoms with van der Waals surface area (Å²) in [5.74, 6) is -0.578. The van der Waals surface area contributed by atoms with E-state index in [0.717, 1.165) is 54.4 Å². The zero-order valence-corrected chi connectivity index (χ0v) is 23.3. The minimum atomic E-state index is -1.06. The SMILES string of the molecule is O=C(O)c1ccc2nc(CN3CC=C(c4cnc5ccc(Cc6ccc(Cl)cc6F)nn45)CC3)n(CC3CCO3)c2n1. The maximum Gasteiger partial charge on any atom is 0.354 e. The van der Waals surface area contributed by atoms with Crippen molar-refractivity contribution in [3.63, 3.8) is 0 Å². The summed E-state index contributed by atoms with van der Waals surface area (Å²) in [7, 11) is 0. The van der Waals surface area contributed by atoms with E-state index in [1.165, 1.54) is 12.1 Å². The fraction of sp³-hybridized carbons (Fsp3) is 0.300. The number of hydrogen-bond acceptors (Lipinski definition) is 7. The Hall–Kier alpha value is -4.19. The molecule has 1 saturated heterocycles. The molecule has 0 amide bonds. The minimum Gasteiger partial charge on any atom is -0.477 e. The Labute approximate surface area is 245 Å². The van der Waals surface area contributed by atoms with Gasteiger partial charge in [-0.2, -0.15) is 5.10 Å². The van der Waals surface area contributed by atoms with Gasteiger partial charge in [0.25, 0.3) is 0 Å². The van der Waals surface area contributed by atoms with E-state index in [1.807, 2.05) is 27.4 Å².